The Morgan fingerprint density at radius 2 is 2.04 bits per heavy atom. The summed E-state index contributed by atoms with van der Waals surface area (Å²) in [5, 5.41) is 0. The molecule has 0 aromatic rings. The van der Waals surface area contributed by atoms with E-state index < -0.39 is 11.4 Å². The summed E-state index contributed by atoms with van der Waals surface area (Å²) in [7, 11) is 0. The van der Waals surface area contributed by atoms with Gasteiger partial charge in [-0.1, -0.05) is 19.9 Å². The first-order valence-corrected chi connectivity index (χ1v) is 8.89. The maximum Gasteiger partial charge on any atom is 0.228 e. The van der Waals surface area contributed by atoms with Crippen molar-refractivity contribution in [2.45, 2.75) is 64.1 Å². The monoisotopic (exact) mass is 321 g/mol. The third-order valence-corrected chi connectivity index (χ3v) is 6.68. The summed E-state index contributed by atoms with van der Waals surface area (Å²) >= 11 is 0. The number of carbonyl (C=O) groups excluding carboxylic acids is 1. The second-order valence-electron chi connectivity index (χ2n) is 8.00. The fourth-order valence-electron chi connectivity index (χ4n) is 5.48. The maximum atomic E-state index is 12.9. The van der Waals surface area contributed by atoms with Crippen molar-refractivity contribution in [3.8, 4) is 0 Å². The Kier molecular flexibility index (Phi) is 3.42. The van der Waals surface area contributed by atoms with E-state index in [9.17, 15) is 4.79 Å². The Hall–Kier alpha value is -0.910. The zero-order chi connectivity index (χ0) is 16.4. The molecule has 1 saturated carbocycles. The van der Waals surface area contributed by atoms with Crippen LogP contribution in [0.1, 0.15) is 46.5 Å². The highest BCUT2D eigenvalue weighted by atomic mass is 17.3. The van der Waals surface area contributed by atoms with Gasteiger partial charge in [-0.3, -0.25) is 4.79 Å². The van der Waals surface area contributed by atoms with E-state index in [2.05, 4.69) is 13.5 Å². The number of rotatable bonds is 2. The number of likely N-dealkylation sites (tertiary alicyclic amines) is 1. The predicted molar refractivity (Wildman–Crippen MR) is 83.9 cm³/mol. The van der Waals surface area contributed by atoms with Gasteiger partial charge < -0.3 is 9.64 Å². The van der Waals surface area contributed by atoms with Crippen LogP contribution in [-0.4, -0.2) is 35.0 Å². The van der Waals surface area contributed by atoms with Crippen molar-refractivity contribution < 1.29 is 19.3 Å². The van der Waals surface area contributed by atoms with Crippen LogP contribution in [0.3, 0.4) is 0 Å². The second-order valence-corrected chi connectivity index (χ2v) is 8.00. The Balaban J connectivity index is 1.86. The molecule has 7 atom stereocenters. The van der Waals surface area contributed by atoms with Gasteiger partial charge in [-0.25, -0.2) is 9.78 Å². The minimum Gasteiger partial charge on any atom is -0.321 e. The largest absolute Gasteiger partial charge is 0.321 e. The molecular formula is C18H27NO4. The zero-order valence-electron chi connectivity index (χ0n) is 14.3. The van der Waals surface area contributed by atoms with E-state index in [0.717, 1.165) is 25.7 Å². The van der Waals surface area contributed by atoms with Gasteiger partial charge in [-0.2, -0.15) is 0 Å². The van der Waals surface area contributed by atoms with Crippen LogP contribution in [0.2, 0.25) is 0 Å². The molecule has 1 aliphatic carbocycles. The fraction of sp³-hybridized carbons (Fsp3) is 0.833. The first-order chi connectivity index (χ1) is 10.9. The van der Waals surface area contributed by atoms with Crippen LogP contribution in [0.15, 0.2) is 12.7 Å². The number of ether oxygens (including phenoxy) is 1. The summed E-state index contributed by atoms with van der Waals surface area (Å²) in [6.07, 6.45) is 5.36. The van der Waals surface area contributed by atoms with E-state index >= 15 is 0 Å². The van der Waals surface area contributed by atoms with E-state index in [1.807, 2.05) is 18.7 Å². The quantitative estimate of drug-likeness (QED) is 0.579. The number of hydrogen-bond acceptors (Lipinski definition) is 4. The van der Waals surface area contributed by atoms with Crippen LogP contribution in [0, 0.1) is 23.7 Å². The van der Waals surface area contributed by atoms with E-state index in [-0.39, 0.29) is 24.0 Å². The number of fused-ring (bicyclic) bond motifs is 2. The zero-order valence-corrected chi connectivity index (χ0v) is 14.3. The summed E-state index contributed by atoms with van der Waals surface area (Å²) in [5.74, 6) is 0.378. The van der Waals surface area contributed by atoms with Gasteiger partial charge in [-0.15, -0.1) is 6.58 Å². The molecule has 4 saturated heterocycles. The number of piperidine rings is 1. The molecule has 5 aliphatic rings. The van der Waals surface area contributed by atoms with Crippen LogP contribution in [0.5, 0.6) is 0 Å². The maximum absolute atomic E-state index is 12.9. The van der Waals surface area contributed by atoms with E-state index in [0.29, 0.717) is 18.4 Å². The summed E-state index contributed by atoms with van der Waals surface area (Å²) < 4.78 is 6.37. The van der Waals surface area contributed by atoms with E-state index in [4.69, 9.17) is 14.5 Å². The molecule has 128 valence electrons. The minimum atomic E-state index is -0.766. The molecule has 0 unspecified atom stereocenters. The van der Waals surface area contributed by atoms with Crippen molar-refractivity contribution in [3.63, 3.8) is 0 Å². The molecule has 5 heteroatoms. The smallest absolute Gasteiger partial charge is 0.228 e. The Morgan fingerprint density at radius 3 is 2.78 bits per heavy atom. The lowest BCUT2D eigenvalue weighted by Gasteiger charge is -2.61. The van der Waals surface area contributed by atoms with Crippen molar-refractivity contribution in [1.29, 1.82) is 0 Å². The first-order valence-electron chi connectivity index (χ1n) is 8.89. The van der Waals surface area contributed by atoms with Gasteiger partial charge in [0.2, 0.25) is 11.7 Å². The average Bonchev–Trinajstić information content (AvgIpc) is 2.76. The summed E-state index contributed by atoms with van der Waals surface area (Å²) in [4.78, 5) is 26.7. The molecule has 0 N–H and O–H groups in total. The molecule has 0 radical (unpaired) electrons. The number of hydrogen-bond donors (Lipinski definition) is 0. The lowest BCUT2D eigenvalue weighted by Crippen LogP contribution is -2.74. The molecule has 4 heterocycles. The van der Waals surface area contributed by atoms with Gasteiger partial charge in [0.15, 0.2) is 11.8 Å². The van der Waals surface area contributed by atoms with Crippen molar-refractivity contribution >= 4 is 5.91 Å². The number of carbonyl (C=O) groups is 1. The second kappa shape index (κ2) is 5.04. The molecule has 23 heavy (non-hydrogen) atoms. The van der Waals surface area contributed by atoms with Gasteiger partial charge in [0.1, 0.15) is 0 Å². The van der Waals surface area contributed by atoms with E-state index in [1.165, 1.54) is 0 Å². The molecule has 5 rings (SSSR count). The Morgan fingerprint density at radius 1 is 1.26 bits per heavy atom. The van der Waals surface area contributed by atoms with Crippen LogP contribution < -0.4 is 0 Å². The van der Waals surface area contributed by atoms with Crippen molar-refractivity contribution in [2.24, 2.45) is 23.7 Å². The van der Waals surface area contributed by atoms with Crippen LogP contribution >= 0.6 is 0 Å². The third kappa shape index (κ3) is 1.93. The summed E-state index contributed by atoms with van der Waals surface area (Å²) in [6, 6.07) is 0. The lowest BCUT2D eigenvalue weighted by molar-refractivity contribution is -0.547. The van der Waals surface area contributed by atoms with Crippen LogP contribution in [-0.2, 0) is 19.3 Å². The van der Waals surface area contributed by atoms with Crippen LogP contribution in [0.25, 0.3) is 0 Å². The fourth-order valence-corrected chi connectivity index (χ4v) is 5.48. The standard InChI is InChI=1S/C18H27NO4/c1-5-10-19-15(20)12(3)14-7-6-11(2)13-8-9-17(4)21-16(19)18(13,14)23-22-17/h5,11-14,16H,1,6-10H2,2-4H3/t11-,12-,13+,14+,16-,17-,18-/m1/s1. The average molecular weight is 321 g/mol. The third-order valence-electron chi connectivity index (χ3n) is 6.68. The highest BCUT2D eigenvalue weighted by Gasteiger charge is 2.70. The topological polar surface area (TPSA) is 48.0 Å². The van der Waals surface area contributed by atoms with Crippen molar-refractivity contribution in [1.82, 2.24) is 4.90 Å². The number of amides is 1. The van der Waals surface area contributed by atoms with Gasteiger partial charge in [0.05, 0.1) is 0 Å². The SMILES string of the molecule is C=CCN1C(=O)[C@H](C)[C@@H]2CC[C@@H](C)[C@@H]3CC[C@@]4(C)OO[C@]32[C@H]1O4. The van der Waals surface area contributed by atoms with Crippen LogP contribution in [0.4, 0.5) is 0 Å². The molecule has 5 nitrogen and oxygen atoms in total. The molecular weight excluding hydrogens is 294 g/mol. The Bertz CT molecular complexity index is 537. The highest BCUT2D eigenvalue weighted by Crippen LogP contribution is 2.60. The molecule has 5 fully saturated rings. The van der Waals surface area contributed by atoms with Gasteiger partial charge >= 0.3 is 0 Å². The van der Waals surface area contributed by atoms with E-state index in [1.54, 1.807) is 6.08 Å². The molecule has 0 aromatic carbocycles. The minimum absolute atomic E-state index is 0.0733. The molecule has 2 bridgehead atoms. The molecule has 1 spiro atoms. The van der Waals surface area contributed by atoms with Gasteiger partial charge in [-0.05, 0) is 38.0 Å². The van der Waals surface area contributed by atoms with Gasteiger partial charge in [0.25, 0.3) is 0 Å². The summed E-state index contributed by atoms with van der Waals surface area (Å²) in [6.45, 7) is 10.6. The van der Waals surface area contributed by atoms with Crippen molar-refractivity contribution in [3.05, 3.63) is 12.7 Å². The molecule has 4 aliphatic heterocycles. The van der Waals surface area contributed by atoms with Crippen molar-refractivity contribution in [2.75, 3.05) is 6.54 Å². The lowest BCUT2D eigenvalue weighted by atomic mass is 9.57. The molecule has 1 amide bonds. The summed E-state index contributed by atoms with van der Waals surface area (Å²) in [5.41, 5.74) is -0.538. The normalized spacial score (nSPS) is 52.0. The highest BCUT2D eigenvalue weighted by molar-refractivity contribution is 5.81. The Labute approximate surface area is 137 Å². The van der Waals surface area contributed by atoms with Gasteiger partial charge in [0, 0.05) is 24.8 Å². The molecule has 0 aromatic heterocycles. The predicted octanol–water partition coefficient (Wildman–Crippen LogP) is 2.87. The number of nitrogens with zero attached hydrogens (tertiary/aromatic N) is 1. The first kappa shape index (κ1) is 15.6.